The number of nitrogens with one attached hydrogen (secondary N) is 1. The molecule has 2 N–H and O–H groups in total. The van der Waals surface area contributed by atoms with Gasteiger partial charge >= 0.3 is 0 Å². The SMILES string of the molecule is CCCCC(=O)NCC(C)(O)C1CCCC1. The quantitative estimate of drug-likeness (QED) is 0.731. The maximum absolute atomic E-state index is 11.4. The molecule has 1 aliphatic rings. The van der Waals surface area contributed by atoms with Crippen LogP contribution >= 0.6 is 0 Å². The van der Waals surface area contributed by atoms with Gasteiger partial charge in [0.25, 0.3) is 0 Å². The molecule has 1 aliphatic carbocycles. The summed E-state index contributed by atoms with van der Waals surface area (Å²) in [6.45, 7) is 4.32. The highest BCUT2D eigenvalue weighted by Gasteiger charge is 2.33. The molecule has 0 aromatic rings. The van der Waals surface area contributed by atoms with Gasteiger partial charge in [0, 0.05) is 13.0 Å². The van der Waals surface area contributed by atoms with Gasteiger partial charge in [0.15, 0.2) is 0 Å². The Bertz CT molecular complexity index is 220. The third-order valence-corrected chi connectivity index (χ3v) is 3.64. The molecule has 0 aliphatic heterocycles. The summed E-state index contributed by atoms with van der Waals surface area (Å²) in [4.78, 5) is 11.4. The number of aliphatic hydroxyl groups is 1. The van der Waals surface area contributed by atoms with Crippen molar-refractivity contribution in [1.29, 1.82) is 0 Å². The molecule has 0 bridgehead atoms. The van der Waals surface area contributed by atoms with Crippen molar-refractivity contribution < 1.29 is 9.90 Å². The molecule has 3 heteroatoms. The van der Waals surface area contributed by atoms with Gasteiger partial charge < -0.3 is 10.4 Å². The molecule has 0 saturated heterocycles. The van der Waals surface area contributed by atoms with Crippen LogP contribution in [0.2, 0.25) is 0 Å². The number of unbranched alkanes of at least 4 members (excludes halogenated alkanes) is 1. The molecule has 3 nitrogen and oxygen atoms in total. The van der Waals surface area contributed by atoms with Crippen LogP contribution in [0.1, 0.15) is 58.8 Å². The summed E-state index contributed by atoms with van der Waals surface area (Å²) in [7, 11) is 0. The van der Waals surface area contributed by atoms with Crippen LogP contribution in [0.3, 0.4) is 0 Å². The molecule has 0 radical (unpaired) electrons. The molecule has 0 heterocycles. The summed E-state index contributed by atoms with van der Waals surface area (Å²) in [5.74, 6) is 0.430. The Morgan fingerprint density at radius 1 is 1.44 bits per heavy atom. The monoisotopic (exact) mass is 227 g/mol. The van der Waals surface area contributed by atoms with E-state index in [1.807, 2.05) is 6.92 Å². The van der Waals surface area contributed by atoms with Crippen LogP contribution in [-0.2, 0) is 4.79 Å². The number of amides is 1. The minimum atomic E-state index is -0.724. The number of rotatable bonds is 6. The highest BCUT2D eigenvalue weighted by Crippen LogP contribution is 2.33. The predicted molar refractivity (Wildman–Crippen MR) is 65.1 cm³/mol. The van der Waals surface area contributed by atoms with Gasteiger partial charge in [0.05, 0.1) is 5.60 Å². The average molecular weight is 227 g/mol. The lowest BCUT2D eigenvalue weighted by atomic mass is 9.87. The average Bonchev–Trinajstić information content (AvgIpc) is 2.77. The Morgan fingerprint density at radius 2 is 2.06 bits per heavy atom. The normalized spacial score (nSPS) is 20.7. The topological polar surface area (TPSA) is 49.3 Å². The van der Waals surface area contributed by atoms with Gasteiger partial charge in [-0.2, -0.15) is 0 Å². The fraction of sp³-hybridized carbons (Fsp3) is 0.923. The standard InChI is InChI=1S/C13H25NO2/c1-3-4-9-12(15)14-10-13(2,16)11-7-5-6-8-11/h11,16H,3-10H2,1-2H3,(H,14,15). The number of carbonyl (C=O) groups is 1. The lowest BCUT2D eigenvalue weighted by Gasteiger charge is -2.30. The van der Waals surface area contributed by atoms with Gasteiger partial charge in [-0.1, -0.05) is 26.2 Å². The Balaban J connectivity index is 2.26. The van der Waals surface area contributed by atoms with Gasteiger partial charge in [0.1, 0.15) is 0 Å². The van der Waals surface area contributed by atoms with E-state index in [4.69, 9.17) is 0 Å². The molecule has 1 unspecified atom stereocenters. The molecule has 16 heavy (non-hydrogen) atoms. The largest absolute Gasteiger partial charge is 0.388 e. The van der Waals surface area contributed by atoms with Crippen molar-refractivity contribution in [2.45, 2.75) is 64.4 Å². The maximum atomic E-state index is 11.4. The first-order valence-corrected chi connectivity index (χ1v) is 6.55. The van der Waals surface area contributed by atoms with E-state index in [0.29, 0.717) is 18.9 Å². The van der Waals surface area contributed by atoms with E-state index in [-0.39, 0.29) is 5.91 Å². The van der Waals surface area contributed by atoms with Crippen molar-refractivity contribution in [2.75, 3.05) is 6.54 Å². The van der Waals surface area contributed by atoms with Gasteiger partial charge in [-0.05, 0) is 32.1 Å². The van der Waals surface area contributed by atoms with Gasteiger partial charge in [-0.25, -0.2) is 0 Å². The molecular weight excluding hydrogens is 202 g/mol. The molecule has 0 spiro atoms. The Labute approximate surface area is 98.6 Å². The lowest BCUT2D eigenvalue weighted by Crippen LogP contribution is -2.45. The van der Waals surface area contributed by atoms with E-state index in [9.17, 15) is 9.90 Å². The van der Waals surface area contributed by atoms with Crippen molar-refractivity contribution in [3.05, 3.63) is 0 Å². The summed E-state index contributed by atoms with van der Waals surface area (Å²) < 4.78 is 0. The van der Waals surface area contributed by atoms with Crippen LogP contribution < -0.4 is 5.32 Å². The lowest BCUT2D eigenvalue weighted by molar-refractivity contribution is -0.122. The second kappa shape index (κ2) is 6.24. The fourth-order valence-corrected chi connectivity index (χ4v) is 2.40. The first-order chi connectivity index (χ1) is 7.56. The van der Waals surface area contributed by atoms with Crippen LogP contribution in [0.15, 0.2) is 0 Å². The molecule has 1 fully saturated rings. The van der Waals surface area contributed by atoms with E-state index in [2.05, 4.69) is 12.2 Å². The molecule has 94 valence electrons. The van der Waals surface area contributed by atoms with Crippen molar-refractivity contribution in [3.63, 3.8) is 0 Å². The van der Waals surface area contributed by atoms with Crippen molar-refractivity contribution in [3.8, 4) is 0 Å². The van der Waals surface area contributed by atoms with Gasteiger partial charge in [-0.3, -0.25) is 4.79 Å². The first-order valence-electron chi connectivity index (χ1n) is 6.55. The molecule has 0 aromatic carbocycles. The summed E-state index contributed by atoms with van der Waals surface area (Å²) in [6.07, 6.45) is 7.16. The van der Waals surface area contributed by atoms with Gasteiger partial charge in [-0.15, -0.1) is 0 Å². The molecule has 1 atom stereocenters. The second-order valence-electron chi connectivity index (χ2n) is 5.22. The Hall–Kier alpha value is -0.570. The van der Waals surface area contributed by atoms with Gasteiger partial charge in [0.2, 0.25) is 5.91 Å². The third kappa shape index (κ3) is 4.12. The van der Waals surface area contributed by atoms with E-state index < -0.39 is 5.60 Å². The van der Waals surface area contributed by atoms with Crippen LogP contribution in [0.5, 0.6) is 0 Å². The fourth-order valence-electron chi connectivity index (χ4n) is 2.40. The second-order valence-corrected chi connectivity index (χ2v) is 5.22. The third-order valence-electron chi connectivity index (χ3n) is 3.64. The van der Waals surface area contributed by atoms with Crippen LogP contribution in [0.25, 0.3) is 0 Å². The molecule has 1 rings (SSSR count). The molecular formula is C13H25NO2. The summed E-state index contributed by atoms with van der Waals surface area (Å²) in [6, 6.07) is 0. The zero-order valence-electron chi connectivity index (χ0n) is 10.6. The molecule has 0 aromatic heterocycles. The smallest absolute Gasteiger partial charge is 0.220 e. The molecule has 1 saturated carbocycles. The highest BCUT2D eigenvalue weighted by atomic mass is 16.3. The van der Waals surface area contributed by atoms with E-state index in [1.165, 1.54) is 12.8 Å². The summed E-state index contributed by atoms with van der Waals surface area (Å²) in [5.41, 5.74) is -0.724. The summed E-state index contributed by atoms with van der Waals surface area (Å²) >= 11 is 0. The number of hydrogen-bond donors (Lipinski definition) is 2. The minimum Gasteiger partial charge on any atom is -0.388 e. The number of carbonyl (C=O) groups excluding carboxylic acids is 1. The van der Waals surface area contributed by atoms with E-state index in [0.717, 1.165) is 25.7 Å². The van der Waals surface area contributed by atoms with Crippen molar-refractivity contribution >= 4 is 5.91 Å². The Kier molecular flexibility index (Phi) is 5.26. The number of hydrogen-bond acceptors (Lipinski definition) is 2. The van der Waals surface area contributed by atoms with E-state index >= 15 is 0 Å². The van der Waals surface area contributed by atoms with E-state index in [1.54, 1.807) is 0 Å². The predicted octanol–water partition coefficient (Wildman–Crippen LogP) is 2.23. The minimum absolute atomic E-state index is 0.0696. The first kappa shape index (κ1) is 13.5. The zero-order chi connectivity index (χ0) is 12.0. The molecule has 1 amide bonds. The van der Waals surface area contributed by atoms with Crippen LogP contribution in [0, 0.1) is 5.92 Å². The van der Waals surface area contributed by atoms with Crippen LogP contribution in [-0.4, -0.2) is 23.2 Å². The maximum Gasteiger partial charge on any atom is 0.220 e. The van der Waals surface area contributed by atoms with Crippen LogP contribution in [0.4, 0.5) is 0 Å². The highest BCUT2D eigenvalue weighted by molar-refractivity contribution is 5.75. The van der Waals surface area contributed by atoms with Crippen molar-refractivity contribution in [2.24, 2.45) is 5.92 Å². The zero-order valence-corrected chi connectivity index (χ0v) is 10.6. The summed E-state index contributed by atoms with van der Waals surface area (Å²) in [5, 5.41) is 13.1. The Morgan fingerprint density at radius 3 is 2.62 bits per heavy atom. The van der Waals surface area contributed by atoms with Crippen molar-refractivity contribution in [1.82, 2.24) is 5.32 Å².